The Morgan fingerprint density at radius 2 is 1.93 bits per heavy atom. The minimum Gasteiger partial charge on any atom is -0.493 e. The molecule has 0 aliphatic heterocycles. The standard InChI is InChI=1S/C20H18ClN3O3/c1-13-7-8-15(21)11-17(13)24-19(26)16(18(25)23-20(24)27)12-22-10-9-14-5-3-2-4-6-14/h2-8,11-12,26H,9-10H2,1H3,(H,23,25,27). The van der Waals surface area contributed by atoms with Crippen molar-refractivity contribution in [3.8, 4) is 11.6 Å². The lowest BCUT2D eigenvalue weighted by Crippen LogP contribution is -2.31. The van der Waals surface area contributed by atoms with E-state index in [2.05, 4.69) is 9.98 Å². The molecule has 0 saturated carbocycles. The number of hydrogen-bond acceptors (Lipinski definition) is 4. The van der Waals surface area contributed by atoms with E-state index in [1.807, 2.05) is 30.3 Å². The number of hydrogen-bond donors (Lipinski definition) is 2. The predicted molar refractivity (Wildman–Crippen MR) is 107 cm³/mol. The Morgan fingerprint density at radius 1 is 1.19 bits per heavy atom. The van der Waals surface area contributed by atoms with Crippen molar-refractivity contribution in [3.63, 3.8) is 0 Å². The summed E-state index contributed by atoms with van der Waals surface area (Å²) in [5, 5.41) is 11.0. The van der Waals surface area contributed by atoms with E-state index in [9.17, 15) is 14.7 Å². The van der Waals surface area contributed by atoms with Crippen molar-refractivity contribution >= 4 is 17.8 Å². The minimum atomic E-state index is -0.746. The first kappa shape index (κ1) is 18.7. The van der Waals surface area contributed by atoms with Crippen LogP contribution in [0.25, 0.3) is 5.69 Å². The van der Waals surface area contributed by atoms with E-state index in [0.717, 1.165) is 15.7 Å². The molecule has 3 aromatic rings. The van der Waals surface area contributed by atoms with Crippen LogP contribution in [0.1, 0.15) is 16.7 Å². The van der Waals surface area contributed by atoms with Crippen molar-refractivity contribution < 1.29 is 5.11 Å². The average Bonchev–Trinajstić information content (AvgIpc) is 2.64. The van der Waals surface area contributed by atoms with Gasteiger partial charge in [0.25, 0.3) is 5.56 Å². The molecule has 2 aromatic carbocycles. The summed E-state index contributed by atoms with van der Waals surface area (Å²) in [6, 6.07) is 14.8. The molecule has 27 heavy (non-hydrogen) atoms. The van der Waals surface area contributed by atoms with Gasteiger partial charge in [0, 0.05) is 17.8 Å². The van der Waals surface area contributed by atoms with Crippen LogP contribution in [-0.2, 0) is 6.42 Å². The molecule has 0 saturated heterocycles. The number of rotatable bonds is 5. The minimum absolute atomic E-state index is 0.0814. The molecule has 0 aliphatic rings. The van der Waals surface area contributed by atoms with Gasteiger partial charge in [0.05, 0.1) is 5.69 Å². The maximum absolute atomic E-state index is 12.3. The van der Waals surface area contributed by atoms with E-state index < -0.39 is 17.1 Å². The largest absolute Gasteiger partial charge is 0.493 e. The lowest BCUT2D eigenvalue weighted by Gasteiger charge is -2.12. The van der Waals surface area contributed by atoms with Crippen molar-refractivity contribution in [3.05, 3.63) is 91.1 Å². The van der Waals surface area contributed by atoms with Gasteiger partial charge in [0.2, 0.25) is 5.88 Å². The van der Waals surface area contributed by atoms with Crippen LogP contribution in [0.4, 0.5) is 0 Å². The van der Waals surface area contributed by atoms with E-state index in [1.54, 1.807) is 25.1 Å². The number of aliphatic imine (C=N–C) groups is 1. The molecule has 0 aliphatic carbocycles. The summed E-state index contributed by atoms with van der Waals surface area (Å²) in [5.41, 5.74) is 0.700. The number of benzene rings is 2. The number of halogens is 1. The zero-order valence-corrected chi connectivity index (χ0v) is 15.4. The van der Waals surface area contributed by atoms with Gasteiger partial charge in [0.1, 0.15) is 5.56 Å². The van der Waals surface area contributed by atoms with Crippen LogP contribution in [0.15, 0.2) is 63.1 Å². The molecular weight excluding hydrogens is 366 g/mol. The van der Waals surface area contributed by atoms with Crippen LogP contribution in [0.5, 0.6) is 5.88 Å². The average molecular weight is 384 g/mol. The van der Waals surface area contributed by atoms with Crippen LogP contribution < -0.4 is 11.2 Å². The monoisotopic (exact) mass is 383 g/mol. The van der Waals surface area contributed by atoms with Crippen LogP contribution in [0, 0.1) is 6.92 Å². The van der Waals surface area contributed by atoms with Crippen LogP contribution in [0.2, 0.25) is 5.02 Å². The molecule has 2 N–H and O–H groups in total. The molecule has 1 aromatic heterocycles. The van der Waals surface area contributed by atoms with Gasteiger partial charge in [-0.05, 0) is 36.6 Å². The second-order valence-corrected chi connectivity index (χ2v) is 6.47. The maximum atomic E-state index is 12.3. The van der Waals surface area contributed by atoms with Gasteiger partial charge in [-0.3, -0.25) is 14.8 Å². The predicted octanol–water partition coefficient (Wildman–Crippen LogP) is 2.85. The van der Waals surface area contributed by atoms with Crippen LogP contribution in [-0.4, -0.2) is 27.4 Å². The SMILES string of the molecule is Cc1ccc(Cl)cc1-n1c(O)c(C=NCCc2ccccc2)c(=O)[nH]c1=O. The smallest absolute Gasteiger partial charge is 0.335 e. The number of nitrogens with zero attached hydrogens (tertiary/aromatic N) is 2. The highest BCUT2D eigenvalue weighted by Crippen LogP contribution is 2.22. The number of aromatic hydroxyl groups is 1. The van der Waals surface area contributed by atoms with Gasteiger partial charge >= 0.3 is 5.69 Å². The fraction of sp³-hybridized carbons (Fsp3) is 0.150. The zero-order valence-electron chi connectivity index (χ0n) is 14.6. The normalized spacial score (nSPS) is 11.2. The molecule has 0 fully saturated rings. The topological polar surface area (TPSA) is 87.4 Å². The Balaban J connectivity index is 1.95. The number of aromatic amines is 1. The van der Waals surface area contributed by atoms with E-state index >= 15 is 0 Å². The molecular formula is C20H18ClN3O3. The van der Waals surface area contributed by atoms with Crippen LogP contribution in [0.3, 0.4) is 0 Å². The van der Waals surface area contributed by atoms with Crippen molar-refractivity contribution in [1.82, 2.24) is 9.55 Å². The van der Waals surface area contributed by atoms with Gasteiger partial charge in [-0.1, -0.05) is 48.0 Å². The second kappa shape index (κ2) is 8.05. The third-order valence-corrected chi connectivity index (χ3v) is 4.36. The molecule has 0 atom stereocenters. The van der Waals surface area contributed by atoms with Gasteiger partial charge in [-0.2, -0.15) is 0 Å². The molecule has 0 unspecified atom stereocenters. The van der Waals surface area contributed by atoms with Gasteiger partial charge in [-0.25, -0.2) is 9.36 Å². The lowest BCUT2D eigenvalue weighted by atomic mass is 10.1. The fourth-order valence-electron chi connectivity index (χ4n) is 2.70. The van der Waals surface area contributed by atoms with E-state index in [-0.39, 0.29) is 5.56 Å². The van der Waals surface area contributed by atoms with Gasteiger partial charge in [0.15, 0.2) is 0 Å². The Morgan fingerprint density at radius 3 is 2.67 bits per heavy atom. The van der Waals surface area contributed by atoms with Gasteiger partial charge < -0.3 is 5.11 Å². The van der Waals surface area contributed by atoms with E-state index in [0.29, 0.717) is 23.7 Å². The summed E-state index contributed by atoms with van der Waals surface area (Å²) in [5.74, 6) is -0.474. The molecule has 0 radical (unpaired) electrons. The summed E-state index contributed by atoms with van der Waals surface area (Å²) < 4.78 is 1.02. The Bertz CT molecular complexity index is 1100. The molecule has 0 amide bonds. The lowest BCUT2D eigenvalue weighted by molar-refractivity contribution is 0.430. The van der Waals surface area contributed by atoms with Crippen molar-refractivity contribution in [2.75, 3.05) is 6.54 Å². The third kappa shape index (κ3) is 4.17. The Kier molecular flexibility index (Phi) is 5.57. The quantitative estimate of drug-likeness (QED) is 0.664. The van der Waals surface area contributed by atoms with Crippen molar-refractivity contribution in [1.29, 1.82) is 0 Å². The number of aromatic nitrogens is 2. The Labute approximate surface area is 160 Å². The van der Waals surface area contributed by atoms with Crippen LogP contribution >= 0.6 is 11.6 Å². The summed E-state index contributed by atoms with van der Waals surface area (Å²) in [6.07, 6.45) is 1.98. The highest BCUT2D eigenvalue weighted by atomic mass is 35.5. The molecule has 1 heterocycles. The summed E-state index contributed by atoms with van der Waals surface area (Å²) >= 11 is 6.01. The zero-order chi connectivity index (χ0) is 19.4. The summed E-state index contributed by atoms with van der Waals surface area (Å²) in [6.45, 7) is 2.22. The van der Waals surface area contributed by atoms with Gasteiger partial charge in [-0.15, -0.1) is 0 Å². The summed E-state index contributed by atoms with van der Waals surface area (Å²) in [7, 11) is 0. The second-order valence-electron chi connectivity index (χ2n) is 6.03. The maximum Gasteiger partial charge on any atom is 0.335 e. The first-order chi connectivity index (χ1) is 13.0. The number of H-pyrrole nitrogens is 1. The number of aryl methyl sites for hydroxylation is 1. The van der Waals surface area contributed by atoms with E-state index in [1.165, 1.54) is 6.21 Å². The number of nitrogens with one attached hydrogen (secondary N) is 1. The Hall–Kier alpha value is -3.12. The highest BCUT2D eigenvalue weighted by molar-refractivity contribution is 6.30. The summed E-state index contributed by atoms with van der Waals surface area (Å²) in [4.78, 5) is 30.8. The molecule has 138 valence electrons. The molecule has 7 heteroatoms. The van der Waals surface area contributed by atoms with E-state index in [4.69, 9.17) is 11.6 Å². The first-order valence-electron chi connectivity index (χ1n) is 8.36. The van der Waals surface area contributed by atoms with Crippen molar-refractivity contribution in [2.24, 2.45) is 4.99 Å². The van der Waals surface area contributed by atoms with Crippen molar-refractivity contribution in [2.45, 2.75) is 13.3 Å². The molecule has 6 nitrogen and oxygen atoms in total. The molecule has 0 spiro atoms. The molecule has 0 bridgehead atoms. The third-order valence-electron chi connectivity index (χ3n) is 4.13. The molecule has 3 rings (SSSR count). The first-order valence-corrected chi connectivity index (χ1v) is 8.73. The highest BCUT2D eigenvalue weighted by Gasteiger charge is 2.15. The fourth-order valence-corrected chi connectivity index (χ4v) is 2.86.